The van der Waals surface area contributed by atoms with Gasteiger partial charge in [0.15, 0.2) is 0 Å². The van der Waals surface area contributed by atoms with Gasteiger partial charge in [-0.1, -0.05) is 0 Å². The highest BCUT2D eigenvalue weighted by atomic mass is 16.5. The van der Waals surface area contributed by atoms with Gasteiger partial charge < -0.3 is 24.8 Å². The molecule has 0 aromatic carbocycles. The molecular formula is C12H22N2O5. The van der Waals surface area contributed by atoms with E-state index in [-0.39, 0.29) is 18.6 Å². The van der Waals surface area contributed by atoms with Crippen molar-refractivity contribution in [2.24, 2.45) is 5.92 Å². The van der Waals surface area contributed by atoms with Crippen molar-refractivity contribution in [1.29, 1.82) is 0 Å². The number of ether oxygens (including phenoxy) is 2. The fraction of sp³-hybridized carbons (Fsp3) is 0.833. The van der Waals surface area contributed by atoms with Gasteiger partial charge in [-0.3, -0.25) is 0 Å². The van der Waals surface area contributed by atoms with Crippen LogP contribution in [-0.2, 0) is 9.47 Å². The van der Waals surface area contributed by atoms with Crippen LogP contribution >= 0.6 is 0 Å². The summed E-state index contributed by atoms with van der Waals surface area (Å²) >= 11 is 0. The zero-order chi connectivity index (χ0) is 14.3. The van der Waals surface area contributed by atoms with E-state index in [4.69, 9.17) is 14.6 Å². The Balaban J connectivity index is 2.59. The highest BCUT2D eigenvalue weighted by Gasteiger charge is 2.31. The van der Waals surface area contributed by atoms with Crippen molar-refractivity contribution in [1.82, 2.24) is 10.2 Å². The van der Waals surface area contributed by atoms with Crippen LogP contribution in [0.4, 0.5) is 9.59 Å². The molecule has 7 nitrogen and oxygen atoms in total. The third kappa shape index (κ3) is 4.94. The van der Waals surface area contributed by atoms with E-state index in [2.05, 4.69) is 5.32 Å². The number of hydrogen-bond acceptors (Lipinski definition) is 5. The number of hydrogen-bond donors (Lipinski definition) is 2. The topological polar surface area (TPSA) is 88.1 Å². The van der Waals surface area contributed by atoms with Gasteiger partial charge in [0.1, 0.15) is 0 Å². The van der Waals surface area contributed by atoms with Crippen molar-refractivity contribution in [3.63, 3.8) is 0 Å². The lowest BCUT2D eigenvalue weighted by Crippen LogP contribution is -2.52. The van der Waals surface area contributed by atoms with Crippen LogP contribution in [0.3, 0.4) is 0 Å². The summed E-state index contributed by atoms with van der Waals surface area (Å²) in [5.74, 6) is 0.143. The Kier molecular flexibility index (Phi) is 6.41. The van der Waals surface area contributed by atoms with Gasteiger partial charge in [-0.15, -0.1) is 0 Å². The maximum Gasteiger partial charge on any atom is 0.409 e. The van der Waals surface area contributed by atoms with Crippen molar-refractivity contribution in [3.8, 4) is 0 Å². The molecule has 1 rings (SSSR count). The van der Waals surface area contributed by atoms with Crippen molar-refractivity contribution in [2.75, 3.05) is 33.4 Å². The largest absolute Gasteiger partial charge is 0.453 e. The maximum atomic E-state index is 11.6. The second kappa shape index (κ2) is 7.83. The quantitative estimate of drug-likeness (QED) is 0.782. The molecule has 2 N–H and O–H groups in total. The second-order valence-electron chi connectivity index (χ2n) is 4.55. The van der Waals surface area contributed by atoms with Crippen molar-refractivity contribution in [3.05, 3.63) is 0 Å². The molecule has 110 valence electrons. The van der Waals surface area contributed by atoms with Gasteiger partial charge in [-0.05, 0) is 25.7 Å². The van der Waals surface area contributed by atoms with E-state index >= 15 is 0 Å². The van der Waals surface area contributed by atoms with E-state index in [1.807, 2.05) is 0 Å². The zero-order valence-electron chi connectivity index (χ0n) is 11.4. The first-order valence-corrected chi connectivity index (χ1v) is 6.47. The molecule has 0 aromatic heterocycles. The summed E-state index contributed by atoms with van der Waals surface area (Å²) < 4.78 is 9.53. The van der Waals surface area contributed by atoms with Crippen LogP contribution in [0.15, 0.2) is 0 Å². The molecule has 19 heavy (non-hydrogen) atoms. The minimum atomic E-state index is -0.484. The van der Waals surface area contributed by atoms with Gasteiger partial charge in [0.2, 0.25) is 0 Å². The molecule has 0 aliphatic carbocycles. The first-order valence-electron chi connectivity index (χ1n) is 6.47. The number of aliphatic hydroxyl groups is 1. The molecule has 0 aromatic rings. The predicted molar refractivity (Wildman–Crippen MR) is 67.7 cm³/mol. The van der Waals surface area contributed by atoms with Crippen LogP contribution in [0.2, 0.25) is 0 Å². The molecule has 2 atom stereocenters. The summed E-state index contributed by atoms with van der Waals surface area (Å²) in [6, 6.07) is -0.177. The smallest absolute Gasteiger partial charge is 0.409 e. The number of rotatable bonds is 4. The van der Waals surface area contributed by atoms with Crippen molar-refractivity contribution >= 4 is 12.2 Å². The van der Waals surface area contributed by atoms with Crippen LogP contribution in [0.5, 0.6) is 0 Å². The average Bonchev–Trinajstić information content (AvgIpc) is 2.38. The molecule has 1 aliphatic heterocycles. The number of amides is 2. The summed E-state index contributed by atoms with van der Waals surface area (Å²) in [7, 11) is 1.33. The van der Waals surface area contributed by atoms with Gasteiger partial charge in [-0.2, -0.15) is 0 Å². The molecule has 1 aliphatic rings. The van der Waals surface area contributed by atoms with Gasteiger partial charge in [-0.25, -0.2) is 9.59 Å². The third-order valence-electron chi connectivity index (χ3n) is 3.10. The molecule has 0 spiro atoms. The molecule has 0 saturated carbocycles. The van der Waals surface area contributed by atoms with Crippen LogP contribution in [0.1, 0.15) is 19.8 Å². The Labute approximate surface area is 112 Å². The van der Waals surface area contributed by atoms with E-state index < -0.39 is 12.2 Å². The number of nitrogens with zero attached hydrogens (tertiary/aromatic N) is 1. The first-order chi connectivity index (χ1) is 9.10. The molecule has 1 heterocycles. The SMILES string of the molecule is CCOC(=O)NC1CC(CCO)CN(C(=O)OC)C1. The summed E-state index contributed by atoms with van der Waals surface area (Å²) in [6.45, 7) is 3.03. The van der Waals surface area contributed by atoms with Gasteiger partial charge in [0.05, 0.1) is 19.8 Å². The highest BCUT2D eigenvalue weighted by molar-refractivity contribution is 5.69. The van der Waals surface area contributed by atoms with E-state index in [9.17, 15) is 9.59 Å². The van der Waals surface area contributed by atoms with E-state index in [1.165, 1.54) is 7.11 Å². The first kappa shape index (κ1) is 15.6. The lowest BCUT2D eigenvalue weighted by Gasteiger charge is -2.36. The Morgan fingerprint density at radius 2 is 2.16 bits per heavy atom. The van der Waals surface area contributed by atoms with Gasteiger partial charge in [0.25, 0.3) is 0 Å². The number of nitrogens with one attached hydrogen (secondary N) is 1. The summed E-state index contributed by atoms with van der Waals surface area (Å²) in [6.07, 6.45) is 0.404. The summed E-state index contributed by atoms with van der Waals surface area (Å²) in [5, 5.41) is 11.7. The molecule has 1 fully saturated rings. The number of alkyl carbamates (subject to hydrolysis) is 1. The van der Waals surface area contributed by atoms with Crippen LogP contribution in [0, 0.1) is 5.92 Å². The van der Waals surface area contributed by atoms with E-state index in [0.29, 0.717) is 32.5 Å². The molecule has 7 heteroatoms. The fourth-order valence-corrected chi connectivity index (χ4v) is 2.32. The van der Waals surface area contributed by atoms with Crippen LogP contribution in [0.25, 0.3) is 0 Å². The lowest BCUT2D eigenvalue weighted by molar-refractivity contribution is 0.0806. The maximum absolute atomic E-state index is 11.6. The minimum Gasteiger partial charge on any atom is -0.453 e. The third-order valence-corrected chi connectivity index (χ3v) is 3.10. The number of aliphatic hydroxyl groups excluding tert-OH is 1. The number of likely N-dealkylation sites (tertiary alicyclic amines) is 1. The van der Waals surface area contributed by atoms with Gasteiger partial charge >= 0.3 is 12.2 Å². The standard InChI is InChI=1S/C12H22N2O5/c1-3-19-11(16)13-10-6-9(4-5-15)7-14(8-10)12(17)18-2/h9-10,15H,3-8H2,1-2H3,(H,13,16). The van der Waals surface area contributed by atoms with Crippen LogP contribution in [-0.4, -0.2) is 61.6 Å². The summed E-state index contributed by atoms with van der Waals surface area (Å²) in [5.41, 5.74) is 0. The van der Waals surface area contributed by atoms with E-state index in [0.717, 1.165) is 0 Å². The summed E-state index contributed by atoms with van der Waals surface area (Å²) in [4.78, 5) is 24.5. The number of carbonyl (C=O) groups excluding carboxylic acids is 2. The van der Waals surface area contributed by atoms with Crippen molar-refractivity contribution < 1.29 is 24.2 Å². The molecular weight excluding hydrogens is 252 g/mol. The molecule has 0 bridgehead atoms. The Bertz CT molecular complexity index is 310. The van der Waals surface area contributed by atoms with Gasteiger partial charge in [0, 0.05) is 19.7 Å². The number of carbonyl (C=O) groups is 2. The highest BCUT2D eigenvalue weighted by Crippen LogP contribution is 2.20. The lowest BCUT2D eigenvalue weighted by atomic mass is 9.92. The molecule has 2 amide bonds. The molecule has 1 saturated heterocycles. The van der Waals surface area contributed by atoms with Crippen LogP contribution < -0.4 is 5.32 Å². The van der Waals surface area contributed by atoms with Crippen molar-refractivity contribution in [2.45, 2.75) is 25.8 Å². The normalized spacial score (nSPS) is 22.8. The number of methoxy groups -OCH3 is 1. The molecule has 2 unspecified atom stereocenters. The zero-order valence-corrected chi connectivity index (χ0v) is 11.4. The number of piperidine rings is 1. The predicted octanol–water partition coefficient (Wildman–Crippen LogP) is 0.572. The fourth-order valence-electron chi connectivity index (χ4n) is 2.32. The minimum absolute atomic E-state index is 0.0613. The second-order valence-corrected chi connectivity index (χ2v) is 4.55. The monoisotopic (exact) mass is 274 g/mol. The molecule has 0 radical (unpaired) electrons. The van der Waals surface area contributed by atoms with E-state index in [1.54, 1.807) is 11.8 Å². The Morgan fingerprint density at radius 3 is 2.74 bits per heavy atom. The average molecular weight is 274 g/mol. The Morgan fingerprint density at radius 1 is 1.42 bits per heavy atom. The Hall–Kier alpha value is -1.50.